The molecule has 4 rings (SSSR count). The molecule has 0 saturated carbocycles. The van der Waals surface area contributed by atoms with E-state index in [0.717, 1.165) is 11.4 Å². The lowest BCUT2D eigenvalue weighted by molar-refractivity contribution is 0.701. The highest BCUT2D eigenvalue weighted by Gasteiger charge is 2.21. The zero-order valence-electron chi connectivity index (χ0n) is 15.3. The summed E-state index contributed by atoms with van der Waals surface area (Å²) in [4.78, 5) is 31.6. The molecule has 0 saturated heterocycles. The summed E-state index contributed by atoms with van der Waals surface area (Å²) >= 11 is 12.7. The van der Waals surface area contributed by atoms with Crippen LogP contribution in [0.4, 0.5) is 0 Å². The van der Waals surface area contributed by atoms with E-state index < -0.39 is 11.2 Å². The highest BCUT2D eigenvalue weighted by atomic mass is 35.5. The van der Waals surface area contributed by atoms with E-state index >= 15 is 0 Å². The molecule has 1 N–H and O–H groups in total. The number of fused-ring (bicyclic) bond motifs is 1. The van der Waals surface area contributed by atoms with Crippen molar-refractivity contribution in [1.29, 1.82) is 0 Å². The van der Waals surface area contributed by atoms with Gasteiger partial charge in [0.05, 0.1) is 12.2 Å². The molecule has 1 aromatic carbocycles. The fraction of sp³-hybridized carbons (Fsp3) is 0.222. The van der Waals surface area contributed by atoms with Crippen molar-refractivity contribution in [1.82, 2.24) is 28.9 Å². The predicted octanol–water partition coefficient (Wildman–Crippen LogP) is 2.58. The van der Waals surface area contributed by atoms with Gasteiger partial charge in [-0.1, -0.05) is 29.3 Å². The summed E-state index contributed by atoms with van der Waals surface area (Å²) in [5, 5.41) is 5.41. The van der Waals surface area contributed by atoms with Crippen LogP contribution in [0.5, 0.6) is 0 Å². The molecule has 3 aromatic heterocycles. The van der Waals surface area contributed by atoms with Crippen molar-refractivity contribution in [2.24, 2.45) is 7.05 Å². The van der Waals surface area contributed by atoms with Crippen LogP contribution >= 0.6 is 23.2 Å². The van der Waals surface area contributed by atoms with E-state index in [9.17, 15) is 9.59 Å². The Hall–Kier alpha value is -2.84. The molecule has 28 heavy (non-hydrogen) atoms. The molecule has 0 spiro atoms. The number of benzene rings is 1. The van der Waals surface area contributed by atoms with Crippen molar-refractivity contribution >= 4 is 34.4 Å². The molecule has 8 nitrogen and oxygen atoms in total. The molecule has 0 unspecified atom stereocenters. The highest BCUT2D eigenvalue weighted by Crippen LogP contribution is 2.27. The third-order valence-electron chi connectivity index (χ3n) is 4.56. The van der Waals surface area contributed by atoms with Gasteiger partial charge in [-0.25, -0.2) is 9.48 Å². The average Bonchev–Trinajstić information content (AvgIpc) is 3.16. The number of aryl methyl sites for hydroxylation is 3. The minimum absolute atomic E-state index is 0.184. The number of nitrogens with zero attached hydrogens (tertiary/aromatic N) is 5. The average molecular weight is 419 g/mol. The first-order valence-electron chi connectivity index (χ1n) is 8.44. The second-order valence-electron chi connectivity index (χ2n) is 6.53. The van der Waals surface area contributed by atoms with E-state index in [2.05, 4.69) is 15.1 Å². The maximum atomic E-state index is 12.6. The van der Waals surface area contributed by atoms with Gasteiger partial charge in [0.25, 0.3) is 5.56 Å². The van der Waals surface area contributed by atoms with Crippen molar-refractivity contribution in [3.05, 3.63) is 72.1 Å². The zero-order chi connectivity index (χ0) is 20.2. The molecule has 0 bridgehead atoms. The highest BCUT2D eigenvalue weighted by molar-refractivity contribution is 6.36. The minimum atomic E-state index is -0.544. The molecule has 0 atom stereocenters. The molecule has 0 amide bonds. The standard InChI is InChI=1S/C18H16Cl2N6O2/c1-9-7-10(2)26(23-9)17-21-15-14(16(27)22-18(28)24(15)3)25(17)8-11-12(19)5-4-6-13(11)20/h4-7H,8H2,1-3H3,(H,22,27,28). The van der Waals surface area contributed by atoms with Crippen LogP contribution in [-0.4, -0.2) is 28.9 Å². The Balaban J connectivity index is 2.09. The van der Waals surface area contributed by atoms with Gasteiger partial charge in [0, 0.05) is 28.4 Å². The van der Waals surface area contributed by atoms with Gasteiger partial charge < -0.3 is 0 Å². The van der Waals surface area contributed by atoms with Gasteiger partial charge in [-0.3, -0.25) is 18.9 Å². The number of hydrogen-bond donors (Lipinski definition) is 1. The van der Waals surface area contributed by atoms with Crippen LogP contribution in [0.1, 0.15) is 17.0 Å². The lowest BCUT2D eigenvalue weighted by Gasteiger charge is -2.12. The van der Waals surface area contributed by atoms with Crippen LogP contribution in [0.25, 0.3) is 17.1 Å². The Morgan fingerprint density at radius 1 is 1.14 bits per heavy atom. The van der Waals surface area contributed by atoms with Gasteiger partial charge in [-0.05, 0) is 32.0 Å². The van der Waals surface area contributed by atoms with Gasteiger partial charge in [0.1, 0.15) is 0 Å². The molecule has 0 fully saturated rings. The summed E-state index contributed by atoms with van der Waals surface area (Å²) in [5.41, 5.74) is 1.68. The Labute approximate surface area is 169 Å². The van der Waals surface area contributed by atoms with Gasteiger partial charge in [0.2, 0.25) is 5.95 Å². The Kier molecular flexibility index (Phi) is 4.40. The molecular formula is C18H16Cl2N6O2. The fourth-order valence-corrected chi connectivity index (χ4v) is 3.72. The van der Waals surface area contributed by atoms with Crippen molar-refractivity contribution < 1.29 is 0 Å². The van der Waals surface area contributed by atoms with E-state index in [4.69, 9.17) is 23.2 Å². The van der Waals surface area contributed by atoms with Crippen LogP contribution in [0.2, 0.25) is 10.0 Å². The minimum Gasteiger partial charge on any atom is -0.298 e. The van der Waals surface area contributed by atoms with E-state index in [1.54, 1.807) is 34.5 Å². The van der Waals surface area contributed by atoms with Crippen molar-refractivity contribution in [2.75, 3.05) is 0 Å². The van der Waals surface area contributed by atoms with Crippen LogP contribution in [-0.2, 0) is 13.6 Å². The lowest BCUT2D eigenvalue weighted by Crippen LogP contribution is -2.29. The van der Waals surface area contributed by atoms with E-state index in [0.29, 0.717) is 21.6 Å². The van der Waals surface area contributed by atoms with Gasteiger partial charge >= 0.3 is 5.69 Å². The Morgan fingerprint density at radius 2 is 1.82 bits per heavy atom. The maximum Gasteiger partial charge on any atom is 0.329 e. The van der Waals surface area contributed by atoms with Crippen molar-refractivity contribution in [2.45, 2.75) is 20.4 Å². The van der Waals surface area contributed by atoms with Crippen LogP contribution in [0.15, 0.2) is 33.9 Å². The summed E-state index contributed by atoms with van der Waals surface area (Å²) in [6.45, 7) is 3.93. The predicted molar refractivity (Wildman–Crippen MR) is 108 cm³/mol. The molecule has 3 heterocycles. The van der Waals surface area contributed by atoms with Gasteiger partial charge in [0.15, 0.2) is 11.2 Å². The number of nitrogens with one attached hydrogen (secondary N) is 1. The smallest absolute Gasteiger partial charge is 0.298 e. The first kappa shape index (κ1) is 18.5. The molecule has 144 valence electrons. The quantitative estimate of drug-likeness (QED) is 0.553. The largest absolute Gasteiger partial charge is 0.329 e. The molecule has 4 aromatic rings. The topological polar surface area (TPSA) is 90.5 Å². The second-order valence-corrected chi connectivity index (χ2v) is 7.34. The normalized spacial score (nSPS) is 11.5. The summed E-state index contributed by atoms with van der Waals surface area (Å²) < 4.78 is 4.58. The van der Waals surface area contributed by atoms with E-state index in [1.807, 2.05) is 19.9 Å². The Bertz CT molecular complexity index is 1320. The molecular weight excluding hydrogens is 403 g/mol. The van der Waals surface area contributed by atoms with E-state index in [1.165, 1.54) is 4.57 Å². The number of halogens is 2. The SMILES string of the molecule is Cc1cc(C)n(-c2nc3c(c(=O)[nH]c(=O)n3C)n2Cc2c(Cl)cccc2Cl)n1. The molecule has 0 aliphatic rings. The summed E-state index contributed by atoms with van der Waals surface area (Å²) in [6, 6.07) is 7.10. The van der Waals surface area contributed by atoms with Crippen LogP contribution < -0.4 is 11.2 Å². The first-order chi connectivity index (χ1) is 13.3. The van der Waals surface area contributed by atoms with Gasteiger partial charge in [-0.15, -0.1) is 0 Å². The van der Waals surface area contributed by atoms with Crippen LogP contribution in [0, 0.1) is 13.8 Å². The number of imidazole rings is 1. The molecule has 0 aliphatic heterocycles. The van der Waals surface area contributed by atoms with Crippen molar-refractivity contribution in [3.63, 3.8) is 0 Å². The monoisotopic (exact) mass is 418 g/mol. The summed E-state index contributed by atoms with van der Waals surface area (Å²) in [7, 11) is 1.55. The van der Waals surface area contributed by atoms with Gasteiger partial charge in [-0.2, -0.15) is 10.1 Å². The van der Waals surface area contributed by atoms with E-state index in [-0.39, 0.29) is 17.7 Å². The summed E-state index contributed by atoms with van der Waals surface area (Å²) in [6.07, 6.45) is 0. The maximum absolute atomic E-state index is 12.6. The van der Waals surface area contributed by atoms with Crippen molar-refractivity contribution in [3.8, 4) is 5.95 Å². The third kappa shape index (κ3) is 2.85. The number of rotatable bonds is 3. The molecule has 0 aliphatic carbocycles. The van der Waals surface area contributed by atoms with Crippen LogP contribution in [0.3, 0.4) is 0 Å². The fourth-order valence-electron chi connectivity index (χ4n) is 3.21. The molecule has 10 heteroatoms. The second kappa shape index (κ2) is 6.65. The lowest BCUT2D eigenvalue weighted by atomic mass is 10.2. The number of aromatic nitrogens is 6. The first-order valence-corrected chi connectivity index (χ1v) is 9.19. The number of hydrogen-bond acceptors (Lipinski definition) is 4. The summed E-state index contributed by atoms with van der Waals surface area (Å²) in [5.74, 6) is 0.392. The number of H-pyrrole nitrogens is 1. The number of aromatic amines is 1. The third-order valence-corrected chi connectivity index (χ3v) is 5.27. The Morgan fingerprint density at radius 3 is 2.43 bits per heavy atom. The molecule has 0 radical (unpaired) electrons. The zero-order valence-corrected chi connectivity index (χ0v) is 16.8.